The first-order chi connectivity index (χ1) is 8.88. The van der Waals surface area contributed by atoms with Crippen molar-refractivity contribution in [2.45, 2.75) is 32.1 Å². The first-order valence-corrected chi connectivity index (χ1v) is 7.89. The van der Waals surface area contributed by atoms with Crippen molar-refractivity contribution in [2.75, 3.05) is 13.1 Å². The van der Waals surface area contributed by atoms with Crippen LogP contribution in [0.5, 0.6) is 0 Å². The predicted octanol–water partition coefficient (Wildman–Crippen LogP) is 1.80. The van der Waals surface area contributed by atoms with Crippen LogP contribution in [0.2, 0.25) is 0 Å². The van der Waals surface area contributed by atoms with Gasteiger partial charge in [0.25, 0.3) is 0 Å². The van der Waals surface area contributed by atoms with Crippen molar-refractivity contribution in [1.82, 2.24) is 10.0 Å². The van der Waals surface area contributed by atoms with E-state index < -0.39 is 27.1 Å². The molecule has 0 aliphatic rings. The quantitative estimate of drug-likeness (QED) is 0.804. The molecule has 1 aromatic carbocycles. The number of sulfonamides is 1. The second-order valence-electron chi connectivity index (χ2n) is 4.52. The lowest BCUT2D eigenvalue weighted by Crippen LogP contribution is -2.40. The van der Waals surface area contributed by atoms with Crippen LogP contribution in [0.4, 0.5) is 4.39 Å². The van der Waals surface area contributed by atoms with Crippen LogP contribution in [0, 0.1) is 5.82 Å². The molecule has 0 aromatic heterocycles. The minimum atomic E-state index is -3.48. The van der Waals surface area contributed by atoms with Gasteiger partial charge in [0, 0.05) is 18.2 Å². The summed E-state index contributed by atoms with van der Waals surface area (Å²) in [6, 6.07) is 5.58. The van der Waals surface area contributed by atoms with Gasteiger partial charge in [0.15, 0.2) is 0 Å². The standard InChI is InChI=1S/C13H21FN2O2S/c1-4-15-9-10(2)19(17,18)16-11(3)12-7-5-6-8-13(12)14/h5-8,10-11,15-16H,4,9H2,1-3H3. The highest BCUT2D eigenvalue weighted by Gasteiger charge is 2.23. The Bertz CT molecular complexity index is 505. The normalized spacial score (nSPS) is 15.2. The topological polar surface area (TPSA) is 58.2 Å². The minimum absolute atomic E-state index is 0.349. The maximum Gasteiger partial charge on any atom is 0.216 e. The maximum atomic E-state index is 13.6. The highest BCUT2D eigenvalue weighted by Crippen LogP contribution is 2.17. The predicted molar refractivity (Wildman–Crippen MR) is 74.9 cm³/mol. The molecule has 6 heteroatoms. The van der Waals surface area contributed by atoms with E-state index in [0.29, 0.717) is 18.7 Å². The van der Waals surface area contributed by atoms with Crippen molar-refractivity contribution in [1.29, 1.82) is 0 Å². The fraction of sp³-hybridized carbons (Fsp3) is 0.538. The Morgan fingerprint density at radius 1 is 1.26 bits per heavy atom. The lowest BCUT2D eigenvalue weighted by Gasteiger charge is -2.19. The third kappa shape index (κ3) is 4.56. The Morgan fingerprint density at radius 3 is 2.47 bits per heavy atom. The van der Waals surface area contributed by atoms with Gasteiger partial charge in [0.2, 0.25) is 10.0 Å². The van der Waals surface area contributed by atoms with E-state index in [2.05, 4.69) is 10.0 Å². The Balaban J connectivity index is 2.76. The molecule has 1 rings (SSSR count). The molecular formula is C13H21FN2O2S. The molecule has 19 heavy (non-hydrogen) atoms. The van der Waals surface area contributed by atoms with Gasteiger partial charge in [-0.3, -0.25) is 0 Å². The van der Waals surface area contributed by atoms with Crippen molar-refractivity contribution in [3.8, 4) is 0 Å². The summed E-state index contributed by atoms with van der Waals surface area (Å²) in [5.41, 5.74) is 0.349. The van der Waals surface area contributed by atoms with E-state index in [0.717, 1.165) is 0 Å². The van der Waals surface area contributed by atoms with Gasteiger partial charge in [-0.15, -0.1) is 0 Å². The van der Waals surface area contributed by atoms with E-state index in [1.54, 1.807) is 32.0 Å². The van der Waals surface area contributed by atoms with Gasteiger partial charge in [-0.25, -0.2) is 17.5 Å². The summed E-state index contributed by atoms with van der Waals surface area (Å²) in [5, 5.41) is 2.42. The maximum absolute atomic E-state index is 13.6. The molecule has 0 amide bonds. The number of benzene rings is 1. The Hall–Kier alpha value is -0.980. The fourth-order valence-corrected chi connectivity index (χ4v) is 2.90. The van der Waals surface area contributed by atoms with E-state index in [-0.39, 0.29) is 0 Å². The molecule has 0 spiro atoms. The zero-order valence-corrected chi connectivity index (χ0v) is 12.3. The molecule has 2 atom stereocenters. The first kappa shape index (κ1) is 16.1. The average Bonchev–Trinajstić information content (AvgIpc) is 2.35. The summed E-state index contributed by atoms with van der Waals surface area (Å²) in [6.45, 7) is 6.25. The molecule has 0 bridgehead atoms. The van der Waals surface area contributed by atoms with E-state index in [1.807, 2.05) is 6.92 Å². The number of nitrogens with one attached hydrogen (secondary N) is 2. The van der Waals surface area contributed by atoms with E-state index in [4.69, 9.17) is 0 Å². The molecule has 0 fully saturated rings. The van der Waals surface area contributed by atoms with Crippen molar-refractivity contribution in [2.24, 2.45) is 0 Å². The molecule has 0 radical (unpaired) electrons. The summed E-state index contributed by atoms with van der Waals surface area (Å²) in [7, 11) is -3.48. The molecule has 0 saturated carbocycles. The van der Waals surface area contributed by atoms with Crippen molar-refractivity contribution < 1.29 is 12.8 Å². The third-order valence-electron chi connectivity index (χ3n) is 2.92. The van der Waals surface area contributed by atoms with Crippen molar-refractivity contribution in [3.63, 3.8) is 0 Å². The van der Waals surface area contributed by atoms with Gasteiger partial charge in [0.05, 0.1) is 5.25 Å². The first-order valence-electron chi connectivity index (χ1n) is 6.34. The van der Waals surface area contributed by atoms with Gasteiger partial charge in [-0.05, 0) is 26.5 Å². The molecule has 0 aliphatic heterocycles. The number of hydrogen-bond donors (Lipinski definition) is 2. The van der Waals surface area contributed by atoms with Crippen molar-refractivity contribution >= 4 is 10.0 Å². The summed E-state index contributed by atoms with van der Waals surface area (Å²) < 4.78 is 40.2. The Morgan fingerprint density at radius 2 is 1.89 bits per heavy atom. The van der Waals surface area contributed by atoms with Crippen LogP contribution in [0.15, 0.2) is 24.3 Å². The van der Waals surface area contributed by atoms with Gasteiger partial charge in [-0.1, -0.05) is 25.1 Å². The van der Waals surface area contributed by atoms with Crippen LogP contribution in [0.25, 0.3) is 0 Å². The zero-order valence-electron chi connectivity index (χ0n) is 11.5. The fourth-order valence-electron chi connectivity index (χ4n) is 1.71. The van der Waals surface area contributed by atoms with E-state index in [9.17, 15) is 12.8 Å². The highest BCUT2D eigenvalue weighted by molar-refractivity contribution is 7.90. The smallest absolute Gasteiger partial charge is 0.216 e. The summed E-state index contributed by atoms with van der Waals surface area (Å²) >= 11 is 0. The Kier molecular flexibility index (Phi) is 5.90. The van der Waals surface area contributed by atoms with Crippen LogP contribution in [-0.2, 0) is 10.0 Å². The lowest BCUT2D eigenvalue weighted by molar-refractivity contribution is 0.536. The number of halogens is 1. The highest BCUT2D eigenvalue weighted by atomic mass is 32.2. The molecule has 0 aliphatic carbocycles. The molecule has 2 unspecified atom stereocenters. The molecule has 4 nitrogen and oxygen atoms in total. The third-order valence-corrected chi connectivity index (χ3v) is 4.83. The van der Waals surface area contributed by atoms with Gasteiger partial charge in [-0.2, -0.15) is 0 Å². The Labute approximate surface area is 114 Å². The van der Waals surface area contributed by atoms with Crippen molar-refractivity contribution in [3.05, 3.63) is 35.6 Å². The largest absolute Gasteiger partial charge is 0.316 e. The van der Waals surface area contributed by atoms with Crippen LogP contribution in [-0.4, -0.2) is 26.8 Å². The minimum Gasteiger partial charge on any atom is -0.316 e. The van der Waals surface area contributed by atoms with Crippen LogP contribution in [0.1, 0.15) is 32.4 Å². The average molecular weight is 288 g/mol. The molecular weight excluding hydrogens is 267 g/mol. The SMILES string of the molecule is CCNCC(C)S(=O)(=O)NC(C)c1ccccc1F. The monoisotopic (exact) mass is 288 g/mol. The number of rotatable bonds is 7. The van der Waals surface area contributed by atoms with Gasteiger partial charge in [0.1, 0.15) is 5.82 Å². The lowest BCUT2D eigenvalue weighted by atomic mass is 10.1. The molecule has 0 saturated heterocycles. The van der Waals surface area contributed by atoms with Crippen LogP contribution in [0.3, 0.4) is 0 Å². The van der Waals surface area contributed by atoms with Crippen LogP contribution >= 0.6 is 0 Å². The molecule has 2 N–H and O–H groups in total. The summed E-state index contributed by atoms with van der Waals surface area (Å²) in [5.74, 6) is -0.406. The van der Waals surface area contributed by atoms with E-state index in [1.165, 1.54) is 6.07 Å². The van der Waals surface area contributed by atoms with E-state index >= 15 is 0 Å². The second-order valence-corrected chi connectivity index (χ2v) is 6.65. The zero-order chi connectivity index (χ0) is 14.5. The van der Waals surface area contributed by atoms with Gasteiger partial charge < -0.3 is 5.32 Å². The summed E-state index contributed by atoms with van der Waals surface area (Å²) in [4.78, 5) is 0. The molecule has 1 aromatic rings. The summed E-state index contributed by atoms with van der Waals surface area (Å²) in [6.07, 6.45) is 0. The van der Waals surface area contributed by atoms with Gasteiger partial charge >= 0.3 is 0 Å². The van der Waals surface area contributed by atoms with Crippen LogP contribution < -0.4 is 10.0 Å². The molecule has 0 heterocycles. The second kappa shape index (κ2) is 6.98. The molecule has 108 valence electrons. The number of hydrogen-bond acceptors (Lipinski definition) is 3.